The smallest absolute Gasteiger partial charge is 0.0691 e. The maximum atomic E-state index is 11.9. The molecule has 0 bridgehead atoms. The van der Waals surface area contributed by atoms with E-state index in [1.54, 1.807) is 0 Å². The van der Waals surface area contributed by atoms with Gasteiger partial charge in [0.1, 0.15) is 0 Å². The molecule has 1 N–H and O–H groups in total. The van der Waals surface area contributed by atoms with E-state index >= 15 is 0 Å². The Kier molecular flexibility index (Phi) is 8.90. The Labute approximate surface area is 115 Å². The van der Waals surface area contributed by atoms with Gasteiger partial charge in [-0.25, -0.2) is 0 Å². The van der Waals surface area contributed by atoms with Gasteiger partial charge in [0.2, 0.25) is 0 Å². The molecular weight excluding hydrogens is 246 g/mol. The van der Waals surface area contributed by atoms with Crippen molar-refractivity contribution in [1.29, 1.82) is 0 Å². The molecule has 0 aliphatic carbocycles. The first-order valence-electron chi connectivity index (χ1n) is 7.46. The highest BCUT2D eigenvalue weighted by Gasteiger charge is 2.18. The van der Waals surface area contributed by atoms with Crippen LogP contribution in [0.25, 0.3) is 0 Å². The van der Waals surface area contributed by atoms with E-state index in [1.807, 2.05) is 0 Å². The molecule has 0 saturated carbocycles. The van der Waals surface area contributed by atoms with Crippen LogP contribution in [-0.4, -0.2) is 41.0 Å². The molecule has 108 valence electrons. The summed E-state index contributed by atoms with van der Waals surface area (Å²) in [5, 5.41) is 3.54. The highest BCUT2D eigenvalue weighted by molar-refractivity contribution is 7.85. The van der Waals surface area contributed by atoms with Crippen molar-refractivity contribution in [2.24, 2.45) is 0 Å². The summed E-state index contributed by atoms with van der Waals surface area (Å²) in [7, 11) is -0.687. The van der Waals surface area contributed by atoms with Crippen LogP contribution >= 0.6 is 0 Å². The lowest BCUT2D eigenvalue weighted by atomic mass is 10.1. The molecule has 3 nitrogen and oxygen atoms in total. The maximum Gasteiger partial charge on any atom is 0.0691 e. The minimum atomic E-state index is -0.687. The van der Waals surface area contributed by atoms with Gasteiger partial charge >= 0.3 is 0 Å². The fraction of sp³-hybridized carbons (Fsp3) is 1.00. The van der Waals surface area contributed by atoms with Crippen molar-refractivity contribution in [3.63, 3.8) is 0 Å². The first-order chi connectivity index (χ1) is 8.76. The molecule has 1 aliphatic rings. The highest BCUT2D eigenvalue weighted by Crippen LogP contribution is 2.13. The van der Waals surface area contributed by atoms with Crippen molar-refractivity contribution in [3.8, 4) is 0 Å². The van der Waals surface area contributed by atoms with E-state index < -0.39 is 10.8 Å². The summed E-state index contributed by atoms with van der Waals surface area (Å²) in [4.78, 5) is 0. The Morgan fingerprint density at radius 1 is 1.44 bits per heavy atom. The van der Waals surface area contributed by atoms with Crippen LogP contribution in [0.3, 0.4) is 0 Å². The summed E-state index contributed by atoms with van der Waals surface area (Å²) >= 11 is 0. The fourth-order valence-corrected chi connectivity index (χ4v) is 3.69. The first-order valence-corrected chi connectivity index (χ1v) is 8.95. The van der Waals surface area contributed by atoms with Gasteiger partial charge in [-0.05, 0) is 45.1 Å². The van der Waals surface area contributed by atoms with Crippen LogP contribution in [-0.2, 0) is 15.5 Å². The molecule has 0 radical (unpaired) electrons. The van der Waals surface area contributed by atoms with E-state index in [0.29, 0.717) is 6.04 Å². The zero-order valence-electron chi connectivity index (χ0n) is 12.0. The van der Waals surface area contributed by atoms with E-state index in [9.17, 15) is 4.21 Å². The number of hydrogen-bond donors (Lipinski definition) is 1. The SMILES string of the molecule is CCCNC(CC)CCCS(=O)CC1CCCO1. The van der Waals surface area contributed by atoms with Gasteiger partial charge in [-0.1, -0.05) is 13.8 Å². The molecule has 1 saturated heterocycles. The Balaban J connectivity index is 2.05. The van der Waals surface area contributed by atoms with Crippen molar-refractivity contribution in [1.82, 2.24) is 5.32 Å². The minimum Gasteiger partial charge on any atom is -0.377 e. The van der Waals surface area contributed by atoms with Crippen LogP contribution < -0.4 is 5.32 Å². The molecule has 1 aliphatic heterocycles. The van der Waals surface area contributed by atoms with Crippen LogP contribution in [0, 0.1) is 0 Å². The van der Waals surface area contributed by atoms with E-state index in [2.05, 4.69) is 19.2 Å². The summed E-state index contributed by atoms with van der Waals surface area (Å²) in [6, 6.07) is 0.602. The zero-order valence-corrected chi connectivity index (χ0v) is 12.8. The second kappa shape index (κ2) is 9.93. The van der Waals surface area contributed by atoms with E-state index in [1.165, 1.54) is 12.8 Å². The molecule has 0 aromatic rings. The Hall–Kier alpha value is 0.0700. The predicted molar refractivity (Wildman–Crippen MR) is 78.5 cm³/mol. The largest absolute Gasteiger partial charge is 0.377 e. The second-order valence-corrected chi connectivity index (χ2v) is 6.77. The van der Waals surface area contributed by atoms with Gasteiger partial charge in [0, 0.05) is 35.0 Å². The lowest BCUT2D eigenvalue weighted by molar-refractivity contribution is 0.128. The van der Waals surface area contributed by atoms with Gasteiger partial charge in [0.25, 0.3) is 0 Å². The summed E-state index contributed by atoms with van der Waals surface area (Å²) in [6.07, 6.45) is 7.07. The average molecular weight is 275 g/mol. The van der Waals surface area contributed by atoms with Crippen LogP contribution in [0.5, 0.6) is 0 Å². The lowest BCUT2D eigenvalue weighted by Gasteiger charge is -2.16. The fourth-order valence-electron chi connectivity index (χ4n) is 2.36. The summed E-state index contributed by atoms with van der Waals surface area (Å²) in [6.45, 7) is 6.37. The third-order valence-corrected chi connectivity index (χ3v) is 4.98. The van der Waals surface area contributed by atoms with Gasteiger partial charge in [-0.3, -0.25) is 4.21 Å². The second-order valence-electron chi connectivity index (χ2n) is 5.15. The number of ether oxygens (including phenoxy) is 1. The first kappa shape index (κ1) is 16.1. The molecule has 0 spiro atoms. The van der Waals surface area contributed by atoms with E-state index in [0.717, 1.165) is 50.3 Å². The van der Waals surface area contributed by atoms with Gasteiger partial charge in [-0.15, -0.1) is 0 Å². The molecule has 4 heteroatoms. The van der Waals surface area contributed by atoms with Gasteiger partial charge < -0.3 is 10.1 Å². The molecule has 1 fully saturated rings. The summed E-state index contributed by atoms with van der Waals surface area (Å²) < 4.78 is 17.4. The third-order valence-electron chi connectivity index (χ3n) is 3.50. The Morgan fingerprint density at radius 3 is 2.89 bits per heavy atom. The minimum absolute atomic E-state index is 0.269. The van der Waals surface area contributed by atoms with Crippen molar-refractivity contribution in [2.45, 2.75) is 64.5 Å². The molecule has 0 aromatic carbocycles. The molecule has 0 aromatic heterocycles. The Bertz CT molecular complexity index is 230. The van der Waals surface area contributed by atoms with Crippen LogP contribution in [0.15, 0.2) is 0 Å². The van der Waals surface area contributed by atoms with E-state index in [-0.39, 0.29) is 6.10 Å². The number of nitrogens with one attached hydrogen (secondary N) is 1. The molecular formula is C14H29NO2S. The highest BCUT2D eigenvalue weighted by atomic mass is 32.2. The van der Waals surface area contributed by atoms with Crippen molar-refractivity contribution in [2.75, 3.05) is 24.7 Å². The molecule has 0 amide bonds. The number of hydrogen-bond acceptors (Lipinski definition) is 3. The van der Waals surface area contributed by atoms with E-state index in [4.69, 9.17) is 4.74 Å². The maximum absolute atomic E-state index is 11.9. The average Bonchev–Trinajstić information content (AvgIpc) is 2.86. The summed E-state index contributed by atoms with van der Waals surface area (Å²) in [5.74, 6) is 1.59. The topological polar surface area (TPSA) is 38.3 Å². The molecule has 18 heavy (non-hydrogen) atoms. The molecule has 1 rings (SSSR count). The third kappa shape index (κ3) is 6.86. The normalized spacial score (nSPS) is 23.1. The van der Waals surface area contributed by atoms with Crippen molar-refractivity contribution >= 4 is 10.8 Å². The predicted octanol–water partition coefficient (Wildman–Crippen LogP) is 2.47. The van der Waals surface area contributed by atoms with Crippen molar-refractivity contribution in [3.05, 3.63) is 0 Å². The van der Waals surface area contributed by atoms with Crippen LogP contribution in [0.2, 0.25) is 0 Å². The quantitative estimate of drug-likeness (QED) is 0.665. The standard InChI is InChI=1S/C14H29NO2S/c1-3-9-15-13(4-2)7-6-11-18(16)12-14-8-5-10-17-14/h13-15H,3-12H2,1-2H3. The van der Waals surface area contributed by atoms with Crippen molar-refractivity contribution < 1.29 is 8.95 Å². The van der Waals surface area contributed by atoms with Gasteiger partial charge in [-0.2, -0.15) is 0 Å². The molecule has 1 heterocycles. The number of rotatable bonds is 10. The molecule has 3 atom stereocenters. The lowest BCUT2D eigenvalue weighted by Crippen LogP contribution is -2.29. The van der Waals surface area contributed by atoms with Gasteiger partial charge in [0.15, 0.2) is 0 Å². The Morgan fingerprint density at radius 2 is 2.28 bits per heavy atom. The summed E-state index contributed by atoms with van der Waals surface area (Å²) in [5.41, 5.74) is 0. The van der Waals surface area contributed by atoms with Crippen LogP contribution in [0.4, 0.5) is 0 Å². The molecule has 3 unspecified atom stereocenters. The van der Waals surface area contributed by atoms with Crippen LogP contribution in [0.1, 0.15) is 52.4 Å². The van der Waals surface area contributed by atoms with Gasteiger partial charge in [0.05, 0.1) is 6.10 Å². The monoisotopic (exact) mass is 275 g/mol. The zero-order chi connectivity index (χ0) is 13.2.